The molecular weight excluding hydrogens is 178 g/mol. The minimum absolute atomic E-state index is 0.357. The van der Waals surface area contributed by atoms with E-state index in [1.54, 1.807) is 6.92 Å². The molecule has 0 aromatic carbocycles. The van der Waals surface area contributed by atoms with Crippen molar-refractivity contribution in [2.75, 3.05) is 6.61 Å². The van der Waals surface area contributed by atoms with Crippen molar-refractivity contribution in [2.45, 2.75) is 26.3 Å². The van der Waals surface area contributed by atoms with Gasteiger partial charge < -0.3 is 10.5 Å². The largest absolute Gasteiger partial charge is 0.465 e. The highest BCUT2D eigenvalue weighted by Gasteiger charge is 2.14. The Bertz CT molecular complexity index is 180. The summed E-state index contributed by atoms with van der Waals surface area (Å²) in [6.07, 6.45) is 0.447. The van der Waals surface area contributed by atoms with E-state index in [0.717, 1.165) is 5.57 Å². The number of carbonyl (C=O) groups is 1. The second-order valence-corrected chi connectivity index (χ2v) is 2.74. The van der Waals surface area contributed by atoms with Crippen molar-refractivity contribution >= 4 is 17.6 Å². The summed E-state index contributed by atoms with van der Waals surface area (Å²) in [6.45, 7) is 3.91. The zero-order valence-electron chi connectivity index (χ0n) is 7.34. The number of rotatable bonds is 4. The summed E-state index contributed by atoms with van der Waals surface area (Å²) < 4.78 is 4.71. The number of hydrogen-bond acceptors (Lipinski definition) is 3. The Balaban J connectivity index is 3.86. The van der Waals surface area contributed by atoms with Gasteiger partial charge in [-0.3, -0.25) is 4.79 Å². The van der Waals surface area contributed by atoms with Gasteiger partial charge in [0.1, 0.15) is 6.04 Å². The van der Waals surface area contributed by atoms with Gasteiger partial charge in [-0.25, -0.2) is 0 Å². The molecule has 3 nitrogen and oxygen atoms in total. The average Bonchev–Trinajstić information content (AvgIpc) is 2.04. The molecule has 0 radical (unpaired) electrons. The van der Waals surface area contributed by atoms with Gasteiger partial charge in [0.2, 0.25) is 0 Å². The molecule has 0 aliphatic carbocycles. The molecule has 0 aromatic heterocycles. The summed E-state index contributed by atoms with van der Waals surface area (Å²) in [5.74, 6) is -0.379. The minimum atomic E-state index is -0.597. The first-order chi connectivity index (χ1) is 5.61. The molecule has 1 unspecified atom stereocenters. The van der Waals surface area contributed by atoms with Crippen LogP contribution in [0.1, 0.15) is 20.3 Å². The van der Waals surface area contributed by atoms with Crippen LogP contribution in [0.5, 0.6) is 0 Å². The molecule has 0 spiro atoms. The minimum Gasteiger partial charge on any atom is -0.465 e. The number of carbonyl (C=O) groups excluding carboxylic acids is 1. The molecule has 0 heterocycles. The summed E-state index contributed by atoms with van der Waals surface area (Å²) in [6, 6.07) is -0.597. The summed E-state index contributed by atoms with van der Waals surface area (Å²) in [5.41, 5.74) is 7.79. The highest BCUT2D eigenvalue weighted by Crippen LogP contribution is 2.05. The summed E-state index contributed by atoms with van der Waals surface area (Å²) in [4.78, 5) is 11.0. The molecule has 0 amide bonds. The predicted molar refractivity (Wildman–Crippen MR) is 48.8 cm³/mol. The molecule has 0 aromatic rings. The highest BCUT2D eigenvalue weighted by molar-refractivity contribution is 6.25. The highest BCUT2D eigenvalue weighted by atomic mass is 35.5. The van der Waals surface area contributed by atoms with Crippen LogP contribution in [0.15, 0.2) is 11.1 Å². The SMILES string of the molecule is CCOC(=O)C(N)CC(C)=CCl. The third-order valence-electron chi connectivity index (χ3n) is 1.32. The van der Waals surface area contributed by atoms with Crippen molar-refractivity contribution in [2.24, 2.45) is 5.73 Å². The number of hydrogen-bond donors (Lipinski definition) is 1. The standard InChI is InChI=1S/C8H14ClNO2/c1-3-12-8(11)7(10)4-6(2)5-9/h5,7H,3-4,10H2,1-2H3. The van der Waals surface area contributed by atoms with Crippen LogP contribution in [0.3, 0.4) is 0 Å². The van der Waals surface area contributed by atoms with Gasteiger partial charge in [-0.05, 0) is 20.3 Å². The van der Waals surface area contributed by atoms with Gasteiger partial charge in [0.15, 0.2) is 0 Å². The smallest absolute Gasteiger partial charge is 0.323 e. The molecule has 2 N–H and O–H groups in total. The van der Waals surface area contributed by atoms with Crippen LogP contribution in [0.2, 0.25) is 0 Å². The monoisotopic (exact) mass is 191 g/mol. The predicted octanol–water partition coefficient (Wildman–Crippen LogP) is 1.41. The lowest BCUT2D eigenvalue weighted by molar-refractivity contribution is -0.144. The number of esters is 1. The average molecular weight is 192 g/mol. The van der Waals surface area contributed by atoms with Crippen LogP contribution in [0.25, 0.3) is 0 Å². The Labute approximate surface area is 77.5 Å². The maximum absolute atomic E-state index is 11.0. The van der Waals surface area contributed by atoms with Gasteiger partial charge in [-0.2, -0.15) is 0 Å². The molecule has 0 aliphatic heterocycles. The Morgan fingerprint density at radius 2 is 2.33 bits per heavy atom. The van der Waals surface area contributed by atoms with Crippen molar-refractivity contribution in [1.29, 1.82) is 0 Å². The number of ether oxygens (including phenoxy) is 1. The topological polar surface area (TPSA) is 52.3 Å². The molecule has 0 aliphatic rings. The van der Waals surface area contributed by atoms with Crippen LogP contribution < -0.4 is 5.73 Å². The zero-order valence-corrected chi connectivity index (χ0v) is 8.10. The van der Waals surface area contributed by atoms with Crippen LogP contribution in [-0.4, -0.2) is 18.6 Å². The fraction of sp³-hybridized carbons (Fsp3) is 0.625. The van der Waals surface area contributed by atoms with E-state index in [9.17, 15) is 4.79 Å². The first-order valence-electron chi connectivity index (χ1n) is 3.79. The van der Waals surface area contributed by atoms with Gasteiger partial charge >= 0.3 is 5.97 Å². The lowest BCUT2D eigenvalue weighted by Crippen LogP contribution is -2.32. The summed E-state index contributed by atoms with van der Waals surface area (Å²) in [5, 5.41) is 0. The fourth-order valence-corrected chi connectivity index (χ4v) is 0.813. The number of halogens is 1. The van der Waals surface area contributed by atoms with Crippen LogP contribution in [0.4, 0.5) is 0 Å². The Morgan fingerprint density at radius 1 is 1.75 bits per heavy atom. The maximum Gasteiger partial charge on any atom is 0.323 e. The molecule has 0 saturated carbocycles. The van der Waals surface area contributed by atoms with Crippen molar-refractivity contribution in [3.8, 4) is 0 Å². The van der Waals surface area contributed by atoms with E-state index in [4.69, 9.17) is 22.1 Å². The zero-order chi connectivity index (χ0) is 9.56. The second kappa shape index (κ2) is 6.03. The van der Waals surface area contributed by atoms with Gasteiger partial charge in [-0.15, -0.1) is 0 Å². The van der Waals surface area contributed by atoms with E-state index in [1.807, 2.05) is 6.92 Å². The van der Waals surface area contributed by atoms with E-state index in [2.05, 4.69) is 0 Å². The second-order valence-electron chi connectivity index (χ2n) is 2.52. The molecule has 0 bridgehead atoms. The van der Waals surface area contributed by atoms with Crippen molar-refractivity contribution < 1.29 is 9.53 Å². The fourth-order valence-electron chi connectivity index (χ4n) is 0.724. The molecule has 4 heteroatoms. The maximum atomic E-state index is 11.0. The van der Waals surface area contributed by atoms with Crippen molar-refractivity contribution in [1.82, 2.24) is 0 Å². The molecular formula is C8H14ClNO2. The summed E-state index contributed by atoms with van der Waals surface area (Å²) in [7, 11) is 0. The van der Waals surface area contributed by atoms with E-state index in [-0.39, 0.29) is 5.97 Å². The summed E-state index contributed by atoms with van der Waals surface area (Å²) >= 11 is 5.41. The quantitative estimate of drug-likeness (QED) is 0.684. The molecule has 0 rings (SSSR count). The first-order valence-corrected chi connectivity index (χ1v) is 4.23. The van der Waals surface area contributed by atoms with Crippen molar-refractivity contribution in [3.05, 3.63) is 11.1 Å². The van der Waals surface area contributed by atoms with Gasteiger partial charge in [0, 0.05) is 5.54 Å². The molecule has 12 heavy (non-hydrogen) atoms. The van der Waals surface area contributed by atoms with Gasteiger partial charge in [-0.1, -0.05) is 17.2 Å². The third kappa shape index (κ3) is 4.36. The third-order valence-corrected chi connectivity index (χ3v) is 1.69. The van der Waals surface area contributed by atoms with Crippen LogP contribution in [0, 0.1) is 0 Å². The Kier molecular flexibility index (Phi) is 5.76. The van der Waals surface area contributed by atoms with E-state index in [0.29, 0.717) is 13.0 Å². The Hall–Kier alpha value is -0.540. The molecule has 0 fully saturated rings. The lowest BCUT2D eigenvalue weighted by atomic mass is 10.1. The first kappa shape index (κ1) is 11.5. The van der Waals surface area contributed by atoms with Crippen LogP contribution in [-0.2, 0) is 9.53 Å². The molecule has 70 valence electrons. The van der Waals surface area contributed by atoms with E-state index >= 15 is 0 Å². The van der Waals surface area contributed by atoms with E-state index < -0.39 is 6.04 Å². The normalized spacial score (nSPS) is 14.2. The van der Waals surface area contributed by atoms with E-state index in [1.165, 1.54) is 5.54 Å². The molecule has 0 saturated heterocycles. The van der Waals surface area contributed by atoms with Crippen LogP contribution >= 0.6 is 11.6 Å². The van der Waals surface area contributed by atoms with Gasteiger partial charge in [0.25, 0.3) is 0 Å². The Morgan fingerprint density at radius 3 is 2.75 bits per heavy atom. The molecule has 1 atom stereocenters. The van der Waals surface area contributed by atoms with Crippen molar-refractivity contribution in [3.63, 3.8) is 0 Å². The lowest BCUT2D eigenvalue weighted by Gasteiger charge is -2.09. The van der Waals surface area contributed by atoms with Gasteiger partial charge in [0.05, 0.1) is 6.61 Å². The number of nitrogens with two attached hydrogens (primary N) is 1.